The molecule has 4 heteroatoms. The smallest absolute Gasteiger partial charge is 0.261 e. The Morgan fingerprint density at radius 2 is 1.58 bits per heavy atom. The molecule has 0 radical (unpaired) electrons. The average molecular weight is 327 g/mol. The van der Waals surface area contributed by atoms with Crippen LogP contribution in [0.15, 0.2) is 42.5 Å². The Balaban J connectivity index is 1.95. The first-order valence-electron chi connectivity index (χ1n) is 8.09. The van der Waals surface area contributed by atoms with Crippen molar-refractivity contribution in [3.63, 3.8) is 0 Å². The maximum Gasteiger partial charge on any atom is 0.261 e. The highest BCUT2D eigenvalue weighted by Crippen LogP contribution is 2.19. The Hall–Kier alpha value is -2.49. The predicted molar refractivity (Wildman–Crippen MR) is 95.6 cm³/mol. The molecule has 0 fully saturated rings. The number of carbonyl (C=O) groups is 1. The second kappa shape index (κ2) is 7.86. The zero-order valence-corrected chi connectivity index (χ0v) is 14.9. The molecule has 0 aliphatic heterocycles. The monoisotopic (exact) mass is 327 g/mol. The summed E-state index contributed by atoms with van der Waals surface area (Å²) >= 11 is 0. The van der Waals surface area contributed by atoms with Gasteiger partial charge in [0.2, 0.25) is 0 Å². The first-order chi connectivity index (χ1) is 11.4. The number of hydrogen-bond donors (Lipinski definition) is 1. The van der Waals surface area contributed by atoms with Crippen molar-refractivity contribution in [3.8, 4) is 11.5 Å². The van der Waals surface area contributed by atoms with Crippen LogP contribution in [0.4, 0.5) is 0 Å². The third-order valence-electron chi connectivity index (χ3n) is 4.14. The van der Waals surface area contributed by atoms with Crippen LogP contribution < -0.4 is 14.8 Å². The van der Waals surface area contributed by atoms with Crippen molar-refractivity contribution in [2.45, 2.75) is 39.8 Å². The van der Waals surface area contributed by atoms with E-state index in [9.17, 15) is 4.79 Å². The lowest BCUT2D eigenvalue weighted by molar-refractivity contribution is -0.127. The van der Waals surface area contributed by atoms with E-state index in [4.69, 9.17) is 9.47 Å². The van der Waals surface area contributed by atoms with E-state index in [1.54, 1.807) is 14.0 Å². The zero-order chi connectivity index (χ0) is 17.7. The van der Waals surface area contributed by atoms with Crippen molar-refractivity contribution in [1.29, 1.82) is 0 Å². The van der Waals surface area contributed by atoms with E-state index in [1.165, 1.54) is 5.56 Å². The topological polar surface area (TPSA) is 47.6 Å². The molecular weight excluding hydrogens is 302 g/mol. The molecule has 24 heavy (non-hydrogen) atoms. The van der Waals surface area contributed by atoms with Gasteiger partial charge in [0.15, 0.2) is 6.10 Å². The molecule has 2 atom stereocenters. The maximum atomic E-state index is 12.3. The summed E-state index contributed by atoms with van der Waals surface area (Å²) in [6.07, 6.45) is -0.562. The molecule has 2 aromatic carbocycles. The van der Waals surface area contributed by atoms with Crippen molar-refractivity contribution >= 4 is 5.91 Å². The molecule has 0 bridgehead atoms. The van der Waals surface area contributed by atoms with Gasteiger partial charge in [-0.1, -0.05) is 18.2 Å². The van der Waals surface area contributed by atoms with E-state index in [0.717, 1.165) is 16.9 Å². The van der Waals surface area contributed by atoms with E-state index in [1.807, 2.05) is 63.2 Å². The summed E-state index contributed by atoms with van der Waals surface area (Å²) in [5.74, 6) is 1.36. The lowest BCUT2D eigenvalue weighted by atomic mass is 10.1. The van der Waals surface area contributed by atoms with Gasteiger partial charge in [0.25, 0.3) is 5.91 Å². The predicted octanol–water partition coefficient (Wildman–Crippen LogP) is 3.96. The number of rotatable bonds is 6. The molecule has 0 heterocycles. The summed E-state index contributed by atoms with van der Waals surface area (Å²) in [5, 5.41) is 2.97. The molecule has 0 saturated heterocycles. The van der Waals surface area contributed by atoms with Crippen molar-refractivity contribution in [2.75, 3.05) is 7.11 Å². The molecule has 0 aromatic heterocycles. The Kier molecular flexibility index (Phi) is 5.85. The molecule has 0 aliphatic carbocycles. The molecule has 0 saturated carbocycles. The van der Waals surface area contributed by atoms with Crippen LogP contribution in [0, 0.1) is 13.8 Å². The van der Waals surface area contributed by atoms with Gasteiger partial charge in [-0.25, -0.2) is 0 Å². The van der Waals surface area contributed by atoms with Crippen molar-refractivity contribution < 1.29 is 14.3 Å². The van der Waals surface area contributed by atoms with Crippen LogP contribution in [-0.2, 0) is 4.79 Å². The Morgan fingerprint density at radius 1 is 0.958 bits per heavy atom. The average Bonchev–Trinajstić information content (AvgIpc) is 2.58. The molecule has 1 N–H and O–H groups in total. The van der Waals surface area contributed by atoms with Gasteiger partial charge in [0.1, 0.15) is 11.5 Å². The van der Waals surface area contributed by atoms with Crippen LogP contribution in [0.3, 0.4) is 0 Å². The van der Waals surface area contributed by atoms with Gasteiger partial charge in [-0.15, -0.1) is 0 Å². The highest BCUT2D eigenvalue weighted by atomic mass is 16.5. The van der Waals surface area contributed by atoms with Gasteiger partial charge in [-0.2, -0.15) is 0 Å². The molecule has 0 unspecified atom stereocenters. The lowest BCUT2D eigenvalue weighted by Gasteiger charge is -2.19. The molecule has 1 amide bonds. The quantitative estimate of drug-likeness (QED) is 0.874. The summed E-state index contributed by atoms with van der Waals surface area (Å²) in [6.45, 7) is 7.78. The standard InChI is InChI=1S/C20H25NO3/c1-13-6-9-19(12-14(13)2)24-16(4)20(22)21-15(3)17-7-10-18(23-5)11-8-17/h6-12,15-16H,1-5H3,(H,21,22)/t15-,16-/m1/s1. The Labute approximate surface area is 143 Å². The number of carbonyl (C=O) groups excluding carboxylic acids is 1. The van der Waals surface area contributed by atoms with E-state index in [0.29, 0.717) is 5.75 Å². The van der Waals surface area contributed by atoms with Gasteiger partial charge < -0.3 is 14.8 Å². The molecule has 0 spiro atoms. The number of methoxy groups -OCH3 is 1. The minimum atomic E-state index is -0.562. The lowest BCUT2D eigenvalue weighted by Crippen LogP contribution is -2.37. The fraction of sp³-hybridized carbons (Fsp3) is 0.350. The van der Waals surface area contributed by atoms with Gasteiger partial charge >= 0.3 is 0 Å². The highest BCUT2D eigenvalue weighted by Gasteiger charge is 2.18. The first-order valence-corrected chi connectivity index (χ1v) is 8.09. The van der Waals surface area contributed by atoms with E-state index >= 15 is 0 Å². The summed E-state index contributed by atoms with van der Waals surface area (Å²) < 4.78 is 10.9. The minimum absolute atomic E-state index is 0.103. The van der Waals surface area contributed by atoms with E-state index in [2.05, 4.69) is 5.32 Å². The maximum absolute atomic E-state index is 12.3. The molecule has 2 aromatic rings. The summed E-state index contributed by atoms with van der Waals surface area (Å²) in [6, 6.07) is 13.4. The Bertz CT molecular complexity index is 695. The van der Waals surface area contributed by atoms with Crippen LogP contribution in [0.25, 0.3) is 0 Å². The summed E-state index contributed by atoms with van der Waals surface area (Å²) in [4.78, 5) is 12.3. The normalized spacial score (nSPS) is 13.0. The molecule has 2 rings (SSSR count). The number of amides is 1. The fourth-order valence-corrected chi connectivity index (χ4v) is 2.35. The second-order valence-electron chi connectivity index (χ2n) is 6.01. The number of hydrogen-bond acceptors (Lipinski definition) is 3. The van der Waals surface area contributed by atoms with Crippen molar-refractivity contribution in [1.82, 2.24) is 5.32 Å². The van der Waals surface area contributed by atoms with Crippen molar-refractivity contribution in [3.05, 3.63) is 59.2 Å². The summed E-state index contributed by atoms with van der Waals surface area (Å²) in [5.41, 5.74) is 3.36. The molecule has 0 aliphatic rings. The highest BCUT2D eigenvalue weighted by molar-refractivity contribution is 5.81. The molecular formula is C20H25NO3. The van der Waals surface area contributed by atoms with Crippen LogP contribution in [0.1, 0.15) is 36.6 Å². The van der Waals surface area contributed by atoms with Gasteiger partial charge in [0, 0.05) is 0 Å². The van der Waals surface area contributed by atoms with Crippen LogP contribution in [0.2, 0.25) is 0 Å². The van der Waals surface area contributed by atoms with Crippen LogP contribution in [0.5, 0.6) is 11.5 Å². The number of benzene rings is 2. The van der Waals surface area contributed by atoms with Gasteiger partial charge in [-0.05, 0) is 68.7 Å². The molecule has 128 valence electrons. The zero-order valence-electron chi connectivity index (χ0n) is 14.9. The van der Waals surface area contributed by atoms with Crippen molar-refractivity contribution in [2.24, 2.45) is 0 Å². The SMILES string of the molecule is COc1ccc([C@@H](C)NC(=O)[C@@H](C)Oc2ccc(C)c(C)c2)cc1. The fourth-order valence-electron chi connectivity index (χ4n) is 2.35. The minimum Gasteiger partial charge on any atom is -0.497 e. The third-order valence-corrected chi connectivity index (χ3v) is 4.14. The van der Waals surface area contributed by atoms with Crippen LogP contribution in [-0.4, -0.2) is 19.1 Å². The van der Waals surface area contributed by atoms with E-state index < -0.39 is 6.10 Å². The second-order valence-corrected chi connectivity index (χ2v) is 6.01. The largest absolute Gasteiger partial charge is 0.497 e. The van der Waals surface area contributed by atoms with E-state index in [-0.39, 0.29) is 11.9 Å². The number of nitrogens with one attached hydrogen (secondary N) is 1. The molecule has 4 nitrogen and oxygen atoms in total. The summed E-state index contributed by atoms with van der Waals surface area (Å²) in [7, 11) is 1.63. The van der Waals surface area contributed by atoms with Crippen LogP contribution >= 0.6 is 0 Å². The Morgan fingerprint density at radius 3 is 2.17 bits per heavy atom. The van der Waals surface area contributed by atoms with Gasteiger partial charge in [0.05, 0.1) is 13.2 Å². The number of ether oxygens (including phenoxy) is 2. The number of aryl methyl sites for hydroxylation is 2. The third kappa shape index (κ3) is 4.51. The van der Waals surface area contributed by atoms with Gasteiger partial charge in [-0.3, -0.25) is 4.79 Å². The first kappa shape index (κ1) is 17.9.